The average Bonchev–Trinajstić information content (AvgIpc) is 2.70. The lowest BCUT2D eigenvalue weighted by Gasteiger charge is -2.38. The average molecular weight is 407 g/mol. The summed E-state index contributed by atoms with van der Waals surface area (Å²) in [6.07, 6.45) is 6.53. The van der Waals surface area contributed by atoms with E-state index in [0.29, 0.717) is 24.1 Å². The van der Waals surface area contributed by atoms with Gasteiger partial charge in [-0.15, -0.1) is 6.42 Å². The van der Waals surface area contributed by atoms with Gasteiger partial charge in [-0.05, 0) is 67.5 Å². The van der Waals surface area contributed by atoms with Crippen molar-refractivity contribution < 1.29 is 14.0 Å². The van der Waals surface area contributed by atoms with Gasteiger partial charge < -0.3 is 10.2 Å². The summed E-state index contributed by atoms with van der Waals surface area (Å²) in [4.78, 5) is 27.1. The van der Waals surface area contributed by atoms with E-state index in [1.165, 1.54) is 6.07 Å². The zero-order chi connectivity index (χ0) is 21.8. The third-order valence-electron chi connectivity index (χ3n) is 5.66. The van der Waals surface area contributed by atoms with Gasteiger partial charge in [-0.25, -0.2) is 4.39 Å². The van der Waals surface area contributed by atoms with Crippen LogP contribution in [0.3, 0.4) is 0 Å². The quantitative estimate of drug-likeness (QED) is 0.762. The van der Waals surface area contributed by atoms with Crippen molar-refractivity contribution in [1.82, 2.24) is 5.32 Å². The molecule has 0 aliphatic carbocycles. The molecule has 0 spiro atoms. The van der Waals surface area contributed by atoms with Crippen LogP contribution in [-0.4, -0.2) is 24.9 Å². The Kier molecular flexibility index (Phi) is 6.56. The molecule has 2 aromatic rings. The Bertz CT molecular complexity index is 985. The largest absolute Gasteiger partial charge is 0.341 e. The molecule has 1 saturated heterocycles. The number of aryl methyl sites for hydroxylation is 2. The summed E-state index contributed by atoms with van der Waals surface area (Å²) in [5.74, 6) is 2.03. The van der Waals surface area contributed by atoms with Crippen LogP contribution in [0, 0.1) is 43.8 Å². The topological polar surface area (TPSA) is 49.4 Å². The van der Waals surface area contributed by atoms with Crippen LogP contribution < -0.4 is 10.2 Å². The van der Waals surface area contributed by atoms with Crippen LogP contribution in [0.5, 0.6) is 0 Å². The number of rotatable bonds is 5. The molecule has 1 aliphatic heterocycles. The van der Waals surface area contributed by atoms with E-state index in [0.717, 1.165) is 23.2 Å². The smallest absolute Gasteiger partial charge is 0.252 e. The minimum atomic E-state index is -0.235. The number of amides is 2. The number of hydrogen-bond acceptors (Lipinski definition) is 2. The Balaban J connectivity index is 1.87. The van der Waals surface area contributed by atoms with Gasteiger partial charge in [0.1, 0.15) is 5.82 Å². The molecular formula is C25H27FN2O2. The summed E-state index contributed by atoms with van der Waals surface area (Å²) >= 11 is 0. The minimum Gasteiger partial charge on any atom is -0.341 e. The molecule has 0 aromatic heterocycles. The van der Waals surface area contributed by atoms with Crippen molar-refractivity contribution in [3.8, 4) is 12.3 Å². The van der Waals surface area contributed by atoms with Crippen molar-refractivity contribution in [2.75, 3.05) is 18.0 Å². The molecular weight excluding hydrogens is 379 g/mol. The minimum absolute atomic E-state index is 0.0653. The van der Waals surface area contributed by atoms with E-state index in [1.54, 1.807) is 24.3 Å². The molecule has 1 N–H and O–H groups in total. The van der Waals surface area contributed by atoms with Crippen molar-refractivity contribution in [2.24, 2.45) is 11.8 Å². The van der Waals surface area contributed by atoms with Gasteiger partial charge in [0.2, 0.25) is 5.91 Å². The van der Waals surface area contributed by atoms with E-state index < -0.39 is 0 Å². The molecule has 4 nitrogen and oxygen atoms in total. The standard InChI is InChI=1S/C25H27FN2O2/c1-5-10-27-24(29)21-12-16(2)23(17(3)13-21)28-15-19(11-18(4)25(28)30)14-20-8-6-7-9-22(20)26/h1,6-9,12-13,18-19H,10-11,14-15H2,2-4H3,(H,27,29)/t18-,19-/m1/s1. The summed E-state index contributed by atoms with van der Waals surface area (Å²) in [5.41, 5.74) is 3.74. The van der Waals surface area contributed by atoms with Crippen molar-refractivity contribution in [3.05, 3.63) is 64.5 Å². The molecule has 0 radical (unpaired) electrons. The highest BCUT2D eigenvalue weighted by Crippen LogP contribution is 2.34. The molecule has 0 bridgehead atoms. The Morgan fingerprint density at radius 2 is 1.93 bits per heavy atom. The fourth-order valence-corrected chi connectivity index (χ4v) is 4.36. The van der Waals surface area contributed by atoms with Gasteiger partial charge in [0, 0.05) is 23.7 Å². The van der Waals surface area contributed by atoms with Gasteiger partial charge in [0.25, 0.3) is 5.91 Å². The Morgan fingerprint density at radius 1 is 1.27 bits per heavy atom. The predicted molar refractivity (Wildman–Crippen MR) is 117 cm³/mol. The highest BCUT2D eigenvalue weighted by atomic mass is 19.1. The highest BCUT2D eigenvalue weighted by molar-refractivity contribution is 5.99. The van der Waals surface area contributed by atoms with E-state index in [4.69, 9.17) is 6.42 Å². The number of carbonyl (C=O) groups is 2. The van der Waals surface area contributed by atoms with Crippen LogP contribution in [-0.2, 0) is 11.2 Å². The molecule has 5 heteroatoms. The molecule has 1 heterocycles. The van der Waals surface area contributed by atoms with Crippen LogP contribution in [0.25, 0.3) is 0 Å². The predicted octanol–water partition coefficient (Wildman–Crippen LogP) is 4.04. The zero-order valence-electron chi connectivity index (χ0n) is 17.7. The molecule has 2 atom stereocenters. The Labute approximate surface area is 177 Å². The first-order valence-electron chi connectivity index (χ1n) is 10.2. The third kappa shape index (κ3) is 4.54. The Morgan fingerprint density at radius 3 is 2.57 bits per heavy atom. The van der Waals surface area contributed by atoms with Crippen molar-refractivity contribution >= 4 is 17.5 Å². The van der Waals surface area contributed by atoms with Gasteiger partial charge in [0.05, 0.1) is 6.54 Å². The fraction of sp³-hybridized carbons (Fsp3) is 0.360. The monoisotopic (exact) mass is 406 g/mol. The van der Waals surface area contributed by atoms with E-state index in [1.807, 2.05) is 31.7 Å². The van der Waals surface area contributed by atoms with Crippen molar-refractivity contribution in [1.29, 1.82) is 0 Å². The zero-order valence-corrected chi connectivity index (χ0v) is 17.7. The molecule has 156 valence electrons. The van der Waals surface area contributed by atoms with Gasteiger partial charge in [-0.2, -0.15) is 0 Å². The molecule has 0 unspecified atom stereocenters. The molecule has 0 saturated carbocycles. The molecule has 2 aromatic carbocycles. The second-order valence-corrected chi connectivity index (χ2v) is 8.09. The van der Waals surface area contributed by atoms with Crippen LogP contribution in [0.2, 0.25) is 0 Å². The van der Waals surface area contributed by atoms with E-state index >= 15 is 0 Å². The number of hydrogen-bond donors (Lipinski definition) is 1. The molecule has 1 aliphatic rings. The second kappa shape index (κ2) is 9.13. The number of carbonyl (C=O) groups excluding carboxylic acids is 2. The maximum absolute atomic E-state index is 14.1. The highest BCUT2D eigenvalue weighted by Gasteiger charge is 2.34. The first-order chi connectivity index (χ1) is 14.3. The maximum atomic E-state index is 14.1. The number of piperidine rings is 1. The summed E-state index contributed by atoms with van der Waals surface area (Å²) < 4.78 is 14.1. The number of anilines is 1. The number of terminal acetylenes is 1. The number of benzene rings is 2. The molecule has 2 amide bonds. The van der Waals surface area contributed by atoms with Crippen molar-refractivity contribution in [3.63, 3.8) is 0 Å². The fourth-order valence-electron chi connectivity index (χ4n) is 4.36. The lowest BCUT2D eigenvalue weighted by Crippen LogP contribution is -2.46. The lowest BCUT2D eigenvalue weighted by atomic mass is 9.84. The first-order valence-corrected chi connectivity index (χ1v) is 10.2. The van der Waals surface area contributed by atoms with Crippen LogP contribution in [0.4, 0.5) is 10.1 Å². The van der Waals surface area contributed by atoms with Crippen LogP contribution in [0.1, 0.15) is 40.4 Å². The summed E-state index contributed by atoms with van der Waals surface area (Å²) in [6, 6.07) is 10.4. The van der Waals surface area contributed by atoms with Gasteiger partial charge in [-0.3, -0.25) is 9.59 Å². The lowest BCUT2D eigenvalue weighted by molar-refractivity contribution is -0.124. The normalized spacial score (nSPS) is 18.8. The van der Waals surface area contributed by atoms with E-state index in [2.05, 4.69) is 11.2 Å². The van der Waals surface area contributed by atoms with Crippen LogP contribution in [0.15, 0.2) is 36.4 Å². The number of nitrogens with one attached hydrogen (secondary N) is 1. The van der Waals surface area contributed by atoms with Gasteiger partial charge >= 0.3 is 0 Å². The molecule has 3 rings (SSSR count). The van der Waals surface area contributed by atoms with E-state index in [-0.39, 0.29) is 36.0 Å². The van der Waals surface area contributed by atoms with Crippen LogP contribution >= 0.6 is 0 Å². The molecule has 1 fully saturated rings. The maximum Gasteiger partial charge on any atom is 0.252 e. The molecule has 30 heavy (non-hydrogen) atoms. The number of halogens is 1. The Hall–Kier alpha value is -3.13. The number of nitrogens with zero attached hydrogens (tertiary/aromatic N) is 1. The van der Waals surface area contributed by atoms with E-state index in [9.17, 15) is 14.0 Å². The van der Waals surface area contributed by atoms with Crippen molar-refractivity contribution in [2.45, 2.75) is 33.6 Å². The summed E-state index contributed by atoms with van der Waals surface area (Å²) in [6.45, 7) is 6.42. The summed E-state index contributed by atoms with van der Waals surface area (Å²) in [7, 11) is 0. The van der Waals surface area contributed by atoms with Gasteiger partial charge in [0.15, 0.2) is 0 Å². The van der Waals surface area contributed by atoms with Gasteiger partial charge in [-0.1, -0.05) is 31.0 Å². The summed E-state index contributed by atoms with van der Waals surface area (Å²) in [5, 5.41) is 2.67. The first kappa shape index (κ1) is 21.6. The SMILES string of the molecule is C#CCNC(=O)c1cc(C)c(N2C[C@@H](Cc3ccccc3F)C[C@@H](C)C2=O)c(C)c1. The second-order valence-electron chi connectivity index (χ2n) is 8.09. The third-order valence-corrected chi connectivity index (χ3v) is 5.66.